The Labute approximate surface area is 224 Å². The summed E-state index contributed by atoms with van der Waals surface area (Å²) in [5.74, 6) is -0.721. The Hall–Kier alpha value is -4.02. The topological polar surface area (TPSA) is 101 Å². The molecule has 1 saturated heterocycles. The lowest BCUT2D eigenvalue weighted by molar-refractivity contribution is -0.137. The molecule has 0 aliphatic carbocycles. The molecule has 2 heterocycles. The van der Waals surface area contributed by atoms with E-state index in [-0.39, 0.29) is 18.1 Å². The first-order valence-corrected chi connectivity index (χ1v) is 12.6. The van der Waals surface area contributed by atoms with Crippen LogP contribution in [0.4, 0.5) is 19.1 Å². The van der Waals surface area contributed by atoms with Gasteiger partial charge < -0.3 is 16.4 Å². The number of nitrogens with zero attached hydrogens (tertiary/aromatic N) is 4. The lowest BCUT2D eigenvalue weighted by Crippen LogP contribution is -2.44. The van der Waals surface area contributed by atoms with Crippen LogP contribution in [0.1, 0.15) is 27.0 Å². The number of hydrogen-bond donors (Lipinski definition) is 2. The first kappa shape index (κ1) is 26.6. The number of halogens is 3. The summed E-state index contributed by atoms with van der Waals surface area (Å²) in [7, 11) is 2.01. The highest BCUT2D eigenvalue weighted by atomic mass is 19.4. The minimum Gasteiger partial charge on any atom is -0.368 e. The summed E-state index contributed by atoms with van der Waals surface area (Å²) in [5, 5.41) is 0.801. The van der Waals surface area contributed by atoms with Gasteiger partial charge >= 0.3 is 6.18 Å². The molecule has 0 atom stereocenters. The zero-order valence-electron chi connectivity index (χ0n) is 21.7. The molecule has 1 amide bonds. The maximum atomic E-state index is 13.9. The van der Waals surface area contributed by atoms with Crippen LogP contribution in [0.15, 0.2) is 54.7 Å². The molecular formula is C29H29F3N6O. The van der Waals surface area contributed by atoms with Crippen LogP contribution in [-0.4, -0.2) is 58.9 Å². The highest BCUT2D eigenvalue weighted by Gasteiger charge is 2.33. The molecule has 10 heteroatoms. The van der Waals surface area contributed by atoms with Gasteiger partial charge in [0.25, 0.3) is 0 Å². The van der Waals surface area contributed by atoms with E-state index in [2.05, 4.69) is 19.8 Å². The molecule has 0 unspecified atom stereocenters. The average Bonchev–Trinajstić information content (AvgIpc) is 2.89. The van der Waals surface area contributed by atoms with Gasteiger partial charge in [-0.15, -0.1) is 0 Å². The minimum atomic E-state index is -4.62. The largest absolute Gasteiger partial charge is 0.416 e. The van der Waals surface area contributed by atoms with Crippen molar-refractivity contribution in [3.8, 4) is 22.3 Å². The van der Waals surface area contributed by atoms with Gasteiger partial charge in [-0.3, -0.25) is 9.69 Å². The number of rotatable bonds is 5. The van der Waals surface area contributed by atoms with Gasteiger partial charge in [0.2, 0.25) is 11.9 Å². The van der Waals surface area contributed by atoms with Crippen molar-refractivity contribution in [2.24, 2.45) is 5.73 Å². The van der Waals surface area contributed by atoms with Crippen LogP contribution in [0.2, 0.25) is 0 Å². The third kappa shape index (κ3) is 5.57. The van der Waals surface area contributed by atoms with Crippen LogP contribution >= 0.6 is 0 Å². The van der Waals surface area contributed by atoms with Crippen molar-refractivity contribution in [3.05, 3.63) is 77.0 Å². The zero-order chi connectivity index (χ0) is 27.9. The second-order valence-electron chi connectivity index (χ2n) is 10.0. The smallest absolute Gasteiger partial charge is 0.368 e. The molecule has 202 valence electrons. The fourth-order valence-electron chi connectivity index (χ4n) is 5.08. The van der Waals surface area contributed by atoms with Crippen molar-refractivity contribution >= 4 is 22.8 Å². The van der Waals surface area contributed by atoms with Gasteiger partial charge in [0.1, 0.15) is 0 Å². The minimum absolute atomic E-state index is 0.147. The Morgan fingerprint density at radius 3 is 2.41 bits per heavy atom. The van der Waals surface area contributed by atoms with Gasteiger partial charge in [0.05, 0.1) is 11.1 Å². The lowest BCUT2D eigenvalue weighted by atomic mass is 9.88. The summed E-state index contributed by atoms with van der Waals surface area (Å²) in [5.41, 5.74) is 15.2. The van der Waals surface area contributed by atoms with E-state index in [4.69, 9.17) is 11.5 Å². The zero-order valence-corrected chi connectivity index (χ0v) is 21.7. The molecule has 1 aliphatic heterocycles. The van der Waals surface area contributed by atoms with Gasteiger partial charge in [-0.05, 0) is 77.7 Å². The number of carbonyl (C=O) groups is 1. The Balaban J connectivity index is 1.66. The van der Waals surface area contributed by atoms with E-state index in [1.165, 1.54) is 0 Å². The second kappa shape index (κ2) is 10.3. The van der Waals surface area contributed by atoms with E-state index in [1.54, 1.807) is 6.20 Å². The van der Waals surface area contributed by atoms with Crippen molar-refractivity contribution in [3.63, 3.8) is 0 Å². The fourth-order valence-corrected chi connectivity index (χ4v) is 5.08. The molecular weight excluding hydrogens is 505 g/mol. The summed E-state index contributed by atoms with van der Waals surface area (Å²) in [4.78, 5) is 25.2. The molecule has 39 heavy (non-hydrogen) atoms. The molecule has 0 radical (unpaired) electrons. The van der Waals surface area contributed by atoms with Gasteiger partial charge in [-0.25, -0.2) is 9.97 Å². The number of piperazine rings is 1. The first-order chi connectivity index (χ1) is 18.5. The van der Waals surface area contributed by atoms with E-state index in [9.17, 15) is 18.0 Å². The molecule has 4 N–H and O–H groups in total. The normalized spacial score (nSPS) is 15.1. The first-order valence-electron chi connectivity index (χ1n) is 12.6. The molecule has 1 fully saturated rings. The quantitative estimate of drug-likeness (QED) is 0.384. The second-order valence-corrected chi connectivity index (χ2v) is 10.0. The van der Waals surface area contributed by atoms with Crippen LogP contribution < -0.4 is 11.5 Å². The fraction of sp³-hybridized carbons (Fsp3) is 0.276. The van der Waals surface area contributed by atoms with E-state index in [0.717, 1.165) is 47.3 Å². The van der Waals surface area contributed by atoms with Crippen molar-refractivity contribution in [1.82, 2.24) is 19.8 Å². The van der Waals surface area contributed by atoms with Gasteiger partial charge in [0.15, 0.2) is 0 Å². The molecule has 7 nitrogen and oxygen atoms in total. The number of likely N-dealkylation sites (N-methyl/N-ethyl adjacent to an activating group) is 1. The predicted molar refractivity (Wildman–Crippen MR) is 146 cm³/mol. The molecule has 4 aromatic rings. The number of anilines is 1. The van der Waals surface area contributed by atoms with E-state index < -0.39 is 17.6 Å². The number of carbonyl (C=O) groups excluding carboxylic acids is 1. The number of fused-ring (bicyclic) bond motifs is 1. The third-order valence-electron chi connectivity index (χ3n) is 7.24. The molecule has 0 bridgehead atoms. The monoisotopic (exact) mass is 534 g/mol. The van der Waals surface area contributed by atoms with Crippen molar-refractivity contribution in [2.45, 2.75) is 19.6 Å². The molecule has 1 aromatic heterocycles. The summed E-state index contributed by atoms with van der Waals surface area (Å²) >= 11 is 0. The number of alkyl halides is 3. The Kier molecular flexibility index (Phi) is 7.00. The number of hydrogen-bond acceptors (Lipinski definition) is 6. The van der Waals surface area contributed by atoms with Crippen LogP contribution in [0, 0.1) is 6.92 Å². The van der Waals surface area contributed by atoms with Gasteiger partial charge in [-0.1, -0.05) is 18.2 Å². The van der Waals surface area contributed by atoms with Crippen molar-refractivity contribution in [2.75, 3.05) is 39.0 Å². The van der Waals surface area contributed by atoms with Crippen LogP contribution in [0.25, 0.3) is 33.2 Å². The number of amides is 1. The molecule has 1 aliphatic rings. The number of aryl methyl sites for hydroxylation is 1. The van der Waals surface area contributed by atoms with E-state index in [1.807, 2.05) is 50.4 Å². The molecule has 5 rings (SSSR count). The third-order valence-corrected chi connectivity index (χ3v) is 7.24. The summed E-state index contributed by atoms with van der Waals surface area (Å²) in [6, 6.07) is 13.3. The number of primary amides is 1. The molecule has 0 saturated carbocycles. The summed E-state index contributed by atoms with van der Waals surface area (Å²) < 4.78 is 41.6. The Bertz CT molecular complexity index is 1560. The van der Waals surface area contributed by atoms with Crippen LogP contribution in [0.5, 0.6) is 0 Å². The maximum Gasteiger partial charge on any atom is 0.416 e. The van der Waals surface area contributed by atoms with E-state index in [0.29, 0.717) is 35.3 Å². The number of nitrogen functional groups attached to an aromatic ring is 1. The molecule has 3 aromatic carbocycles. The number of nitrogens with two attached hydrogens (primary N) is 2. The van der Waals surface area contributed by atoms with Crippen LogP contribution in [-0.2, 0) is 12.7 Å². The highest BCUT2D eigenvalue weighted by Crippen LogP contribution is 2.39. The Morgan fingerprint density at radius 1 is 1.00 bits per heavy atom. The SMILES string of the molecule is Cc1ccc(-c2c(CN3CCN(C)CC3)cc(C(F)(F)F)cc2C(N)=O)cc1-c1ccc2nc(N)ncc2c1. The van der Waals surface area contributed by atoms with Crippen molar-refractivity contribution in [1.29, 1.82) is 0 Å². The number of aromatic nitrogens is 2. The highest BCUT2D eigenvalue weighted by molar-refractivity contribution is 6.01. The van der Waals surface area contributed by atoms with Gasteiger partial charge in [0, 0.05) is 49.9 Å². The maximum absolute atomic E-state index is 13.9. The van der Waals surface area contributed by atoms with Crippen molar-refractivity contribution < 1.29 is 18.0 Å². The number of benzene rings is 3. The standard InChI is InChI=1S/C29H29F3N6O/c1-17-3-4-19(13-23(17)18-5-6-25-20(11-18)15-35-28(34)36-25)26-21(16-38-9-7-37(2)8-10-38)12-22(29(30,31)32)14-24(26)27(33)39/h3-6,11-15H,7-10,16H2,1-2H3,(H2,33,39)(H2,34,35,36). The molecule has 0 spiro atoms. The summed E-state index contributed by atoms with van der Waals surface area (Å²) in [6.45, 7) is 5.26. The Morgan fingerprint density at radius 2 is 1.72 bits per heavy atom. The summed E-state index contributed by atoms with van der Waals surface area (Å²) in [6.07, 6.45) is -2.97. The predicted octanol–water partition coefficient (Wildman–Crippen LogP) is 4.72. The van der Waals surface area contributed by atoms with Crippen LogP contribution in [0.3, 0.4) is 0 Å². The lowest BCUT2D eigenvalue weighted by Gasteiger charge is -2.33. The average molecular weight is 535 g/mol. The van der Waals surface area contributed by atoms with E-state index >= 15 is 0 Å². The van der Waals surface area contributed by atoms with Gasteiger partial charge in [-0.2, -0.15) is 13.2 Å².